The zero-order valence-corrected chi connectivity index (χ0v) is 17.1. The van der Waals surface area contributed by atoms with Crippen molar-refractivity contribution in [2.24, 2.45) is 0 Å². The minimum Gasteiger partial charge on any atom is -0.352 e. The van der Waals surface area contributed by atoms with Gasteiger partial charge in [-0.05, 0) is 51.3 Å². The maximum atomic E-state index is 12.8. The van der Waals surface area contributed by atoms with Crippen LogP contribution < -0.4 is 10.2 Å². The van der Waals surface area contributed by atoms with Gasteiger partial charge in [0.1, 0.15) is 12.6 Å². The fourth-order valence-electron chi connectivity index (χ4n) is 3.47. The number of rotatable bonds is 7. The number of hydrogen-bond donors (Lipinski definition) is 1. The Balaban J connectivity index is 1.57. The van der Waals surface area contributed by atoms with Crippen LogP contribution in [-0.2, 0) is 16.0 Å². The van der Waals surface area contributed by atoms with E-state index in [2.05, 4.69) is 17.4 Å². The third kappa shape index (κ3) is 4.83. The predicted octanol–water partition coefficient (Wildman–Crippen LogP) is 3.29. The van der Waals surface area contributed by atoms with Crippen molar-refractivity contribution in [2.45, 2.75) is 45.7 Å². The first-order valence-electron chi connectivity index (χ1n) is 9.91. The van der Waals surface area contributed by atoms with Gasteiger partial charge in [0.25, 0.3) is 5.91 Å². The van der Waals surface area contributed by atoms with Crippen molar-refractivity contribution in [2.75, 3.05) is 11.4 Å². The number of carbonyl (C=O) groups excluding carboxylic acids is 3. The summed E-state index contributed by atoms with van der Waals surface area (Å²) >= 11 is 0. The van der Waals surface area contributed by atoms with Crippen molar-refractivity contribution in [1.82, 2.24) is 10.2 Å². The van der Waals surface area contributed by atoms with Crippen LogP contribution in [0, 0.1) is 6.92 Å². The molecule has 4 amide bonds. The Morgan fingerprint density at radius 3 is 2.38 bits per heavy atom. The van der Waals surface area contributed by atoms with Crippen molar-refractivity contribution >= 4 is 23.5 Å². The summed E-state index contributed by atoms with van der Waals surface area (Å²) in [5.41, 5.74) is 2.93. The summed E-state index contributed by atoms with van der Waals surface area (Å²) in [5.74, 6) is -0.687. The van der Waals surface area contributed by atoms with E-state index >= 15 is 0 Å². The molecule has 0 bridgehead atoms. The molecular weight excluding hydrogens is 366 g/mol. The van der Waals surface area contributed by atoms with Gasteiger partial charge in [0.05, 0.1) is 0 Å². The third-order valence-electron chi connectivity index (χ3n) is 5.18. The molecule has 2 aromatic rings. The Kier molecular flexibility index (Phi) is 6.32. The van der Waals surface area contributed by atoms with Gasteiger partial charge in [0.2, 0.25) is 5.91 Å². The van der Waals surface area contributed by atoms with E-state index in [1.54, 1.807) is 6.92 Å². The summed E-state index contributed by atoms with van der Waals surface area (Å²) < 4.78 is 0. The number of hydrogen-bond acceptors (Lipinski definition) is 3. The first-order chi connectivity index (χ1) is 13.9. The molecule has 0 saturated carbocycles. The third-order valence-corrected chi connectivity index (χ3v) is 5.18. The lowest BCUT2D eigenvalue weighted by atomic mass is 10.1. The van der Waals surface area contributed by atoms with Crippen LogP contribution in [0.3, 0.4) is 0 Å². The number of nitrogens with one attached hydrogen (secondary N) is 1. The molecule has 2 atom stereocenters. The molecule has 1 N–H and O–H groups in total. The molecule has 6 heteroatoms. The van der Waals surface area contributed by atoms with E-state index in [0.29, 0.717) is 5.69 Å². The van der Waals surface area contributed by atoms with E-state index < -0.39 is 12.1 Å². The molecular formula is C23H27N3O3. The largest absolute Gasteiger partial charge is 0.352 e. The maximum absolute atomic E-state index is 12.8. The van der Waals surface area contributed by atoms with Crippen LogP contribution >= 0.6 is 0 Å². The Morgan fingerprint density at radius 2 is 1.72 bits per heavy atom. The van der Waals surface area contributed by atoms with Gasteiger partial charge >= 0.3 is 6.03 Å². The first kappa shape index (κ1) is 20.6. The van der Waals surface area contributed by atoms with Crippen molar-refractivity contribution in [3.63, 3.8) is 0 Å². The van der Waals surface area contributed by atoms with Gasteiger partial charge in [-0.25, -0.2) is 4.79 Å². The van der Waals surface area contributed by atoms with Crippen molar-refractivity contribution < 1.29 is 14.4 Å². The van der Waals surface area contributed by atoms with Crippen LogP contribution in [0.25, 0.3) is 0 Å². The topological polar surface area (TPSA) is 69.7 Å². The summed E-state index contributed by atoms with van der Waals surface area (Å²) in [6.45, 7) is 5.30. The highest BCUT2D eigenvalue weighted by Gasteiger charge is 2.44. The maximum Gasteiger partial charge on any atom is 0.332 e. The second-order valence-corrected chi connectivity index (χ2v) is 7.58. The molecule has 0 aliphatic carbocycles. The summed E-state index contributed by atoms with van der Waals surface area (Å²) in [6.07, 6.45) is 1.63. The molecule has 2 unspecified atom stereocenters. The van der Waals surface area contributed by atoms with Crippen LogP contribution in [0.15, 0.2) is 54.6 Å². The van der Waals surface area contributed by atoms with E-state index in [-0.39, 0.29) is 24.4 Å². The van der Waals surface area contributed by atoms with E-state index in [1.807, 2.05) is 56.3 Å². The number of imide groups is 1. The summed E-state index contributed by atoms with van der Waals surface area (Å²) in [4.78, 5) is 40.3. The van der Waals surface area contributed by atoms with Gasteiger partial charge in [0.15, 0.2) is 0 Å². The quantitative estimate of drug-likeness (QED) is 0.734. The molecule has 1 saturated heterocycles. The lowest BCUT2D eigenvalue weighted by Crippen LogP contribution is -2.44. The zero-order valence-electron chi connectivity index (χ0n) is 17.1. The van der Waals surface area contributed by atoms with Crippen LogP contribution in [0.5, 0.6) is 0 Å². The standard InChI is InChI=1S/C23H27N3O3/c1-16-9-13-20(14-10-16)26-18(3)22(28)25(23(26)29)15-21(27)24-17(2)11-12-19-7-5-4-6-8-19/h4-10,13-14,17-18H,11-12,15H2,1-3H3,(H,24,27). The molecule has 1 aliphatic heterocycles. The zero-order chi connectivity index (χ0) is 21.0. The minimum atomic E-state index is -0.631. The van der Waals surface area contributed by atoms with E-state index in [0.717, 1.165) is 23.3 Å². The Labute approximate surface area is 171 Å². The second-order valence-electron chi connectivity index (χ2n) is 7.58. The Morgan fingerprint density at radius 1 is 1.07 bits per heavy atom. The van der Waals surface area contributed by atoms with Crippen molar-refractivity contribution in [3.05, 3.63) is 65.7 Å². The fraction of sp³-hybridized carbons (Fsp3) is 0.348. The van der Waals surface area contributed by atoms with Gasteiger partial charge < -0.3 is 5.32 Å². The highest BCUT2D eigenvalue weighted by atomic mass is 16.2. The van der Waals surface area contributed by atoms with Gasteiger partial charge in [-0.2, -0.15) is 0 Å². The van der Waals surface area contributed by atoms with Crippen LogP contribution in [-0.4, -0.2) is 41.4 Å². The van der Waals surface area contributed by atoms with E-state index in [1.165, 1.54) is 10.5 Å². The average Bonchev–Trinajstić information content (AvgIpc) is 2.91. The van der Waals surface area contributed by atoms with Crippen LogP contribution in [0.2, 0.25) is 0 Å². The lowest BCUT2D eigenvalue weighted by molar-refractivity contribution is -0.132. The molecule has 3 rings (SSSR count). The van der Waals surface area contributed by atoms with Crippen molar-refractivity contribution in [1.29, 1.82) is 0 Å². The molecule has 152 valence electrons. The molecule has 0 aromatic heterocycles. The predicted molar refractivity (Wildman–Crippen MR) is 113 cm³/mol. The molecule has 0 spiro atoms. The summed E-state index contributed by atoms with van der Waals surface area (Å²) in [5, 5.41) is 2.89. The number of carbonyl (C=O) groups is 3. The summed E-state index contributed by atoms with van der Waals surface area (Å²) in [6, 6.07) is 16.3. The molecule has 1 heterocycles. The molecule has 2 aromatic carbocycles. The fourth-order valence-corrected chi connectivity index (χ4v) is 3.47. The number of aryl methyl sites for hydroxylation is 2. The van der Waals surface area contributed by atoms with E-state index in [4.69, 9.17) is 0 Å². The number of amides is 4. The SMILES string of the molecule is Cc1ccc(N2C(=O)N(CC(=O)NC(C)CCc3ccccc3)C(=O)C2C)cc1. The molecule has 1 aliphatic rings. The average molecular weight is 393 g/mol. The van der Waals surface area contributed by atoms with Gasteiger partial charge in [-0.1, -0.05) is 48.0 Å². The number of urea groups is 1. The minimum absolute atomic E-state index is 0.0545. The smallest absolute Gasteiger partial charge is 0.332 e. The summed E-state index contributed by atoms with van der Waals surface area (Å²) in [7, 11) is 0. The van der Waals surface area contributed by atoms with Gasteiger partial charge in [-0.3, -0.25) is 19.4 Å². The Bertz CT molecular complexity index is 880. The highest BCUT2D eigenvalue weighted by Crippen LogP contribution is 2.25. The number of nitrogens with zero attached hydrogens (tertiary/aromatic N) is 2. The van der Waals surface area contributed by atoms with E-state index in [9.17, 15) is 14.4 Å². The molecule has 6 nitrogen and oxygen atoms in total. The highest BCUT2D eigenvalue weighted by molar-refractivity contribution is 6.15. The first-order valence-corrected chi connectivity index (χ1v) is 9.91. The van der Waals surface area contributed by atoms with Gasteiger partial charge in [0, 0.05) is 11.7 Å². The van der Waals surface area contributed by atoms with Crippen molar-refractivity contribution in [3.8, 4) is 0 Å². The molecule has 1 fully saturated rings. The van der Waals surface area contributed by atoms with Crippen LogP contribution in [0.4, 0.5) is 10.5 Å². The monoisotopic (exact) mass is 393 g/mol. The van der Waals surface area contributed by atoms with Crippen LogP contribution in [0.1, 0.15) is 31.4 Å². The number of anilines is 1. The Hall–Kier alpha value is -3.15. The normalized spacial score (nSPS) is 17.6. The molecule has 29 heavy (non-hydrogen) atoms. The molecule has 0 radical (unpaired) electrons. The van der Waals surface area contributed by atoms with Gasteiger partial charge in [-0.15, -0.1) is 0 Å². The number of benzene rings is 2. The lowest BCUT2D eigenvalue weighted by Gasteiger charge is -2.20. The second kappa shape index (κ2) is 8.90.